The molecule has 1 aromatic carbocycles. The van der Waals surface area contributed by atoms with E-state index in [1.807, 2.05) is 31.3 Å². The van der Waals surface area contributed by atoms with E-state index in [1.54, 1.807) is 12.4 Å². The van der Waals surface area contributed by atoms with Crippen molar-refractivity contribution in [3.8, 4) is 0 Å². The lowest BCUT2D eigenvalue weighted by atomic mass is 9.88. The lowest BCUT2D eigenvalue weighted by Crippen LogP contribution is -2.39. The Labute approximate surface area is 151 Å². The Morgan fingerprint density at radius 2 is 2.20 bits per heavy atom. The fourth-order valence-corrected chi connectivity index (χ4v) is 3.84. The van der Waals surface area contributed by atoms with Crippen molar-refractivity contribution >= 4 is 34.2 Å². The molecule has 2 aromatic heterocycles. The number of fused-ring (bicyclic) bond motifs is 1. The molecule has 1 unspecified atom stereocenters. The summed E-state index contributed by atoms with van der Waals surface area (Å²) in [5.74, 6) is 1.06. The van der Waals surface area contributed by atoms with Crippen LogP contribution in [0, 0.1) is 12.8 Å². The minimum atomic E-state index is -0.0300. The highest BCUT2D eigenvalue weighted by Crippen LogP contribution is 2.29. The monoisotopic (exact) mass is 354 g/mol. The van der Waals surface area contributed by atoms with Crippen molar-refractivity contribution in [2.45, 2.75) is 19.8 Å². The first-order valence-corrected chi connectivity index (χ1v) is 8.84. The molecule has 5 nitrogen and oxygen atoms in total. The van der Waals surface area contributed by atoms with E-state index < -0.39 is 0 Å². The summed E-state index contributed by atoms with van der Waals surface area (Å²) < 4.78 is 0. The number of Topliss-reactive ketones (excluding diaryl/α,β-unsaturated/α-hetero) is 1. The molecule has 3 heterocycles. The number of hydrogen-bond acceptors (Lipinski definition) is 4. The zero-order chi connectivity index (χ0) is 17.4. The van der Waals surface area contributed by atoms with Crippen LogP contribution in [0.2, 0.25) is 5.02 Å². The number of nitrogens with one attached hydrogen (secondary N) is 1. The maximum Gasteiger partial charge on any atom is 0.167 e. The third kappa shape index (κ3) is 3.00. The Hall–Kier alpha value is -2.40. The van der Waals surface area contributed by atoms with Gasteiger partial charge in [-0.1, -0.05) is 11.6 Å². The predicted octanol–water partition coefficient (Wildman–Crippen LogP) is 4.02. The summed E-state index contributed by atoms with van der Waals surface area (Å²) in [6.07, 6.45) is 5.31. The van der Waals surface area contributed by atoms with Gasteiger partial charge in [-0.15, -0.1) is 0 Å². The molecule has 0 aliphatic carbocycles. The Kier molecular flexibility index (Phi) is 4.17. The maximum absolute atomic E-state index is 13.0. The highest BCUT2D eigenvalue weighted by atomic mass is 35.5. The fraction of sp³-hybridized carbons (Fsp3) is 0.316. The molecular weight excluding hydrogens is 336 g/mol. The Morgan fingerprint density at radius 3 is 3.04 bits per heavy atom. The van der Waals surface area contributed by atoms with E-state index in [0.717, 1.165) is 47.4 Å². The van der Waals surface area contributed by atoms with Crippen LogP contribution in [-0.4, -0.2) is 33.8 Å². The number of nitrogens with zero attached hydrogens (tertiary/aromatic N) is 3. The zero-order valence-corrected chi connectivity index (χ0v) is 14.8. The van der Waals surface area contributed by atoms with Gasteiger partial charge in [0.1, 0.15) is 17.8 Å². The molecule has 1 aliphatic rings. The van der Waals surface area contributed by atoms with E-state index in [9.17, 15) is 4.79 Å². The molecule has 0 spiro atoms. The van der Waals surface area contributed by atoms with Crippen molar-refractivity contribution in [1.82, 2.24) is 15.0 Å². The van der Waals surface area contributed by atoms with Crippen LogP contribution in [-0.2, 0) is 0 Å². The molecule has 0 bridgehead atoms. The van der Waals surface area contributed by atoms with E-state index in [1.165, 1.54) is 0 Å². The van der Waals surface area contributed by atoms with Crippen LogP contribution in [0.5, 0.6) is 0 Å². The van der Waals surface area contributed by atoms with Gasteiger partial charge in [0.2, 0.25) is 0 Å². The van der Waals surface area contributed by atoms with Gasteiger partial charge in [-0.25, -0.2) is 9.97 Å². The fourth-order valence-electron chi connectivity index (χ4n) is 3.62. The lowest BCUT2D eigenvalue weighted by molar-refractivity contribution is 0.0906. The van der Waals surface area contributed by atoms with E-state index in [2.05, 4.69) is 19.9 Å². The van der Waals surface area contributed by atoms with Gasteiger partial charge in [-0.2, -0.15) is 0 Å². The first-order chi connectivity index (χ1) is 12.1. The minimum absolute atomic E-state index is 0.0300. The molecule has 6 heteroatoms. The zero-order valence-electron chi connectivity index (χ0n) is 14.0. The molecule has 1 saturated heterocycles. The predicted molar refractivity (Wildman–Crippen MR) is 99.3 cm³/mol. The highest BCUT2D eigenvalue weighted by Gasteiger charge is 2.29. The summed E-state index contributed by atoms with van der Waals surface area (Å²) in [6, 6.07) is 7.47. The van der Waals surface area contributed by atoms with Crippen LogP contribution in [0.1, 0.15) is 28.8 Å². The summed E-state index contributed by atoms with van der Waals surface area (Å²) in [5, 5.41) is 1.66. The Balaban J connectivity index is 1.60. The second-order valence-corrected chi connectivity index (χ2v) is 6.98. The molecule has 128 valence electrons. The number of benzene rings is 1. The number of hydrogen-bond donors (Lipinski definition) is 1. The molecule has 1 aliphatic heterocycles. The number of anilines is 1. The normalized spacial score (nSPS) is 17.8. The van der Waals surface area contributed by atoms with Crippen LogP contribution >= 0.6 is 11.6 Å². The summed E-state index contributed by atoms with van der Waals surface area (Å²) in [7, 11) is 0. The molecule has 3 aromatic rings. The van der Waals surface area contributed by atoms with Crippen LogP contribution in [0.25, 0.3) is 11.0 Å². The number of ketones is 1. The van der Waals surface area contributed by atoms with Gasteiger partial charge in [-0.05, 0) is 49.6 Å². The number of rotatable bonds is 3. The van der Waals surface area contributed by atoms with Crippen molar-refractivity contribution in [3.63, 3.8) is 0 Å². The Morgan fingerprint density at radius 1 is 1.32 bits per heavy atom. The third-order valence-corrected chi connectivity index (χ3v) is 5.11. The lowest BCUT2D eigenvalue weighted by Gasteiger charge is -2.33. The average molecular weight is 355 g/mol. The first-order valence-electron chi connectivity index (χ1n) is 8.47. The second-order valence-electron chi connectivity index (χ2n) is 6.55. The summed E-state index contributed by atoms with van der Waals surface area (Å²) >= 11 is 6.02. The van der Waals surface area contributed by atoms with Crippen molar-refractivity contribution in [2.24, 2.45) is 5.92 Å². The topological polar surface area (TPSA) is 61.9 Å². The molecule has 0 amide bonds. The summed E-state index contributed by atoms with van der Waals surface area (Å²) in [5.41, 5.74) is 2.53. The largest absolute Gasteiger partial charge is 0.355 e. The number of aryl methyl sites for hydroxylation is 1. The number of aromatic amines is 1. The quantitative estimate of drug-likeness (QED) is 0.721. The van der Waals surface area contributed by atoms with E-state index >= 15 is 0 Å². The van der Waals surface area contributed by atoms with E-state index in [-0.39, 0.29) is 11.7 Å². The van der Waals surface area contributed by atoms with Gasteiger partial charge in [0.05, 0.1) is 5.39 Å². The molecule has 1 atom stereocenters. The van der Waals surface area contributed by atoms with E-state index in [4.69, 9.17) is 11.6 Å². The smallest absolute Gasteiger partial charge is 0.167 e. The molecular formula is C19H19ClN4O. The SMILES string of the molecule is Cc1cc(Cl)ccc1C(=O)C1CCCN(c2ncnc3[nH]ccc23)C1. The average Bonchev–Trinajstić information content (AvgIpc) is 3.10. The molecule has 1 N–H and O–H groups in total. The summed E-state index contributed by atoms with van der Waals surface area (Å²) in [6.45, 7) is 3.52. The van der Waals surface area contributed by atoms with Crippen molar-refractivity contribution in [2.75, 3.05) is 18.0 Å². The molecule has 1 fully saturated rings. The molecule has 0 radical (unpaired) electrons. The minimum Gasteiger partial charge on any atom is -0.355 e. The van der Waals surface area contributed by atoms with Gasteiger partial charge >= 0.3 is 0 Å². The molecule has 25 heavy (non-hydrogen) atoms. The molecule has 0 saturated carbocycles. The van der Waals surface area contributed by atoms with Crippen LogP contribution in [0.3, 0.4) is 0 Å². The first kappa shape index (κ1) is 16.1. The van der Waals surface area contributed by atoms with Gasteiger partial charge in [0.25, 0.3) is 0 Å². The van der Waals surface area contributed by atoms with Crippen molar-refractivity contribution < 1.29 is 4.79 Å². The van der Waals surface area contributed by atoms with Gasteiger partial charge < -0.3 is 9.88 Å². The number of H-pyrrole nitrogens is 1. The van der Waals surface area contributed by atoms with Crippen molar-refractivity contribution in [1.29, 1.82) is 0 Å². The number of halogens is 1. The van der Waals surface area contributed by atoms with Gasteiger partial charge in [0, 0.05) is 35.8 Å². The third-order valence-electron chi connectivity index (χ3n) is 4.88. The standard InChI is InChI=1S/C19H19ClN4O/c1-12-9-14(20)4-5-15(12)17(25)13-3-2-8-24(10-13)19-16-6-7-21-18(16)22-11-23-19/h4-7,9,11,13H,2-3,8,10H2,1H3,(H,21,22,23). The van der Waals surface area contributed by atoms with E-state index in [0.29, 0.717) is 11.6 Å². The maximum atomic E-state index is 13.0. The molecule has 4 rings (SSSR count). The number of aromatic nitrogens is 3. The number of piperidine rings is 1. The second kappa shape index (κ2) is 6.48. The number of carbonyl (C=O) groups is 1. The number of carbonyl (C=O) groups excluding carboxylic acids is 1. The summed E-state index contributed by atoms with van der Waals surface area (Å²) in [4.78, 5) is 27.0. The van der Waals surface area contributed by atoms with Crippen LogP contribution in [0.4, 0.5) is 5.82 Å². The van der Waals surface area contributed by atoms with Gasteiger partial charge in [0.15, 0.2) is 5.78 Å². The van der Waals surface area contributed by atoms with Crippen LogP contribution in [0.15, 0.2) is 36.8 Å². The van der Waals surface area contributed by atoms with Crippen molar-refractivity contribution in [3.05, 3.63) is 52.9 Å². The van der Waals surface area contributed by atoms with Gasteiger partial charge in [-0.3, -0.25) is 4.79 Å². The van der Waals surface area contributed by atoms with Crippen LogP contribution < -0.4 is 4.90 Å². The highest BCUT2D eigenvalue weighted by molar-refractivity contribution is 6.30. The Bertz CT molecular complexity index is 936.